The van der Waals surface area contributed by atoms with Gasteiger partial charge in [-0.3, -0.25) is 4.79 Å². The Kier molecular flexibility index (Phi) is 7.17. The minimum Gasteiger partial charge on any atom is -0.497 e. The number of hydrogen-bond donors (Lipinski definition) is 0. The summed E-state index contributed by atoms with van der Waals surface area (Å²) >= 11 is 0. The number of methoxy groups -OCH3 is 1. The van der Waals surface area contributed by atoms with Gasteiger partial charge in [0.15, 0.2) is 13.2 Å². The number of benzene rings is 2. The lowest BCUT2D eigenvalue weighted by atomic mass is 10.1. The van der Waals surface area contributed by atoms with Crippen molar-refractivity contribution in [1.82, 2.24) is 4.90 Å². The van der Waals surface area contributed by atoms with E-state index >= 15 is 0 Å². The van der Waals surface area contributed by atoms with Gasteiger partial charge < -0.3 is 24.0 Å². The summed E-state index contributed by atoms with van der Waals surface area (Å²) in [6.07, 6.45) is 0. The summed E-state index contributed by atoms with van der Waals surface area (Å²) in [6.45, 7) is 5.97. The van der Waals surface area contributed by atoms with Crippen LogP contribution in [0, 0.1) is 13.8 Å². The zero-order valence-electron chi connectivity index (χ0n) is 17.7. The van der Waals surface area contributed by atoms with Crippen LogP contribution in [0.2, 0.25) is 0 Å². The molecule has 1 fully saturated rings. The molecular weight excluding hydrogens is 384 g/mol. The largest absolute Gasteiger partial charge is 0.497 e. The highest BCUT2D eigenvalue weighted by molar-refractivity contribution is 5.81. The first-order valence-electron chi connectivity index (χ1n) is 9.99. The molecule has 1 aliphatic rings. The number of amides is 1. The summed E-state index contributed by atoms with van der Waals surface area (Å²) in [6, 6.07) is 13.6. The number of ether oxygens (including phenoxy) is 3. The van der Waals surface area contributed by atoms with Crippen molar-refractivity contribution < 1.29 is 23.8 Å². The molecule has 1 aliphatic heterocycles. The van der Waals surface area contributed by atoms with Crippen molar-refractivity contribution in [3.8, 4) is 11.5 Å². The first kappa shape index (κ1) is 21.5. The fourth-order valence-electron chi connectivity index (χ4n) is 3.44. The molecule has 7 nitrogen and oxygen atoms in total. The quantitative estimate of drug-likeness (QED) is 0.651. The molecule has 2 aromatic carbocycles. The summed E-state index contributed by atoms with van der Waals surface area (Å²) in [5.41, 5.74) is 3.00. The Morgan fingerprint density at radius 3 is 2.13 bits per heavy atom. The van der Waals surface area contributed by atoms with Crippen LogP contribution in [0.25, 0.3) is 0 Å². The molecule has 0 unspecified atom stereocenters. The Morgan fingerprint density at radius 2 is 1.53 bits per heavy atom. The SMILES string of the molecule is COc1ccc(N2CCN(C(=O)COC(=O)COc3c(C)cccc3C)CC2)cc1. The molecule has 30 heavy (non-hydrogen) atoms. The number of hydrogen-bond acceptors (Lipinski definition) is 6. The van der Waals surface area contributed by atoms with Crippen LogP contribution in [0.5, 0.6) is 11.5 Å². The van der Waals surface area contributed by atoms with Crippen molar-refractivity contribution in [2.75, 3.05) is 51.4 Å². The lowest BCUT2D eigenvalue weighted by Crippen LogP contribution is -2.50. The lowest BCUT2D eigenvalue weighted by molar-refractivity contribution is -0.153. The van der Waals surface area contributed by atoms with Crippen molar-refractivity contribution in [2.45, 2.75) is 13.8 Å². The second-order valence-corrected chi connectivity index (χ2v) is 7.24. The number of para-hydroxylation sites is 1. The summed E-state index contributed by atoms with van der Waals surface area (Å²) in [4.78, 5) is 28.3. The Bertz CT molecular complexity index is 853. The standard InChI is InChI=1S/C23H28N2O5/c1-17-5-4-6-18(2)23(17)30-16-22(27)29-15-21(26)25-13-11-24(12-14-25)19-7-9-20(28-3)10-8-19/h4-10H,11-16H2,1-3H3. The Hall–Kier alpha value is -3.22. The van der Waals surface area contributed by atoms with Gasteiger partial charge in [0.25, 0.3) is 5.91 Å². The predicted molar refractivity (Wildman–Crippen MR) is 114 cm³/mol. The van der Waals surface area contributed by atoms with E-state index in [0.717, 1.165) is 35.7 Å². The topological polar surface area (TPSA) is 68.3 Å². The number of carbonyl (C=O) groups excluding carboxylic acids is 2. The van der Waals surface area contributed by atoms with Crippen LogP contribution in [0.15, 0.2) is 42.5 Å². The van der Waals surface area contributed by atoms with E-state index in [4.69, 9.17) is 14.2 Å². The maximum absolute atomic E-state index is 12.4. The molecule has 0 N–H and O–H groups in total. The maximum Gasteiger partial charge on any atom is 0.344 e. The monoisotopic (exact) mass is 412 g/mol. The zero-order valence-corrected chi connectivity index (χ0v) is 17.7. The molecule has 160 valence electrons. The van der Waals surface area contributed by atoms with Crippen molar-refractivity contribution >= 4 is 17.6 Å². The van der Waals surface area contributed by atoms with Crippen molar-refractivity contribution in [3.05, 3.63) is 53.6 Å². The summed E-state index contributed by atoms with van der Waals surface area (Å²) < 4.78 is 15.9. The predicted octanol–water partition coefficient (Wildman–Crippen LogP) is 2.58. The van der Waals surface area contributed by atoms with E-state index in [1.807, 2.05) is 56.3 Å². The molecular formula is C23H28N2O5. The van der Waals surface area contributed by atoms with Crippen LogP contribution in [0.3, 0.4) is 0 Å². The third kappa shape index (κ3) is 5.43. The van der Waals surface area contributed by atoms with Gasteiger partial charge in [-0.05, 0) is 49.2 Å². The highest BCUT2D eigenvalue weighted by Gasteiger charge is 2.22. The Morgan fingerprint density at radius 1 is 0.900 bits per heavy atom. The maximum atomic E-state index is 12.4. The highest BCUT2D eigenvalue weighted by Crippen LogP contribution is 2.22. The van der Waals surface area contributed by atoms with Gasteiger partial charge in [-0.25, -0.2) is 4.79 Å². The Labute approximate surface area is 177 Å². The average molecular weight is 412 g/mol. The average Bonchev–Trinajstić information content (AvgIpc) is 2.77. The van der Waals surface area contributed by atoms with Gasteiger partial charge in [0.2, 0.25) is 0 Å². The number of nitrogens with zero attached hydrogens (tertiary/aromatic N) is 2. The van der Waals surface area contributed by atoms with Gasteiger partial charge in [-0.2, -0.15) is 0 Å². The summed E-state index contributed by atoms with van der Waals surface area (Å²) in [7, 11) is 1.64. The van der Waals surface area contributed by atoms with Crippen molar-refractivity contribution in [3.63, 3.8) is 0 Å². The summed E-state index contributed by atoms with van der Waals surface area (Å²) in [5, 5.41) is 0. The number of piperazine rings is 1. The number of esters is 1. The van der Waals surface area contributed by atoms with E-state index in [9.17, 15) is 9.59 Å². The molecule has 0 aromatic heterocycles. The fraction of sp³-hybridized carbons (Fsp3) is 0.391. The third-order valence-electron chi connectivity index (χ3n) is 5.17. The van der Waals surface area contributed by atoms with E-state index in [0.29, 0.717) is 18.8 Å². The first-order chi connectivity index (χ1) is 14.5. The van der Waals surface area contributed by atoms with Gasteiger partial charge >= 0.3 is 5.97 Å². The van der Waals surface area contributed by atoms with Gasteiger partial charge in [0.05, 0.1) is 7.11 Å². The molecule has 0 spiro atoms. The van der Waals surface area contributed by atoms with Gasteiger partial charge in [-0.15, -0.1) is 0 Å². The lowest BCUT2D eigenvalue weighted by Gasteiger charge is -2.36. The molecule has 3 rings (SSSR count). The van der Waals surface area contributed by atoms with E-state index in [1.54, 1.807) is 12.0 Å². The number of rotatable bonds is 7. The molecule has 0 radical (unpaired) electrons. The van der Waals surface area contributed by atoms with E-state index < -0.39 is 5.97 Å². The van der Waals surface area contributed by atoms with Gasteiger partial charge in [-0.1, -0.05) is 18.2 Å². The molecule has 0 bridgehead atoms. The number of anilines is 1. The Balaban J connectivity index is 1.40. The van der Waals surface area contributed by atoms with Gasteiger partial charge in [0.1, 0.15) is 11.5 Å². The first-order valence-corrected chi connectivity index (χ1v) is 9.99. The van der Waals surface area contributed by atoms with Crippen LogP contribution in [-0.4, -0.2) is 63.3 Å². The minimum absolute atomic E-state index is 0.190. The minimum atomic E-state index is -0.553. The number of carbonyl (C=O) groups is 2. The highest BCUT2D eigenvalue weighted by atomic mass is 16.6. The second-order valence-electron chi connectivity index (χ2n) is 7.24. The van der Waals surface area contributed by atoms with Crippen LogP contribution in [-0.2, 0) is 14.3 Å². The van der Waals surface area contributed by atoms with E-state index in [1.165, 1.54) is 0 Å². The third-order valence-corrected chi connectivity index (χ3v) is 5.17. The van der Waals surface area contributed by atoms with E-state index in [2.05, 4.69) is 4.90 Å². The van der Waals surface area contributed by atoms with Crippen LogP contribution in [0.1, 0.15) is 11.1 Å². The molecule has 0 saturated carbocycles. The molecule has 1 saturated heterocycles. The smallest absolute Gasteiger partial charge is 0.344 e. The van der Waals surface area contributed by atoms with E-state index in [-0.39, 0.29) is 19.1 Å². The molecule has 2 aromatic rings. The van der Waals surface area contributed by atoms with Crippen molar-refractivity contribution in [2.24, 2.45) is 0 Å². The van der Waals surface area contributed by atoms with Crippen LogP contribution >= 0.6 is 0 Å². The second kappa shape index (κ2) is 10.0. The molecule has 7 heteroatoms. The van der Waals surface area contributed by atoms with Crippen LogP contribution < -0.4 is 14.4 Å². The number of aryl methyl sites for hydroxylation is 2. The molecule has 1 amide bonds. The molecule has 0 atom stereocenters. The molecule has 1 heterocycles. The fourth-order valence-corrected chi connectivity index (χ4v) is 3.44. The molecule has 0 aliphatic carbocycles. The summed E-state index contributed by atoms with van der Waals surface area (Å²) in [5.74, 6) is 0.749. The normalized spacial score (nSPS) is 13.7. The zero-order chi connectivity index (χ0) is 21.5. The van der Waals surface area contributed by atoms with Crippen molar-refractivity contribution in [1.29, 1.82) is 0 Å². The van der Waals surface area contributed by atoms with Gasteiger partial charge in [0, 0.05) is 31.9 Å². The van der Waals surface area contributed by atoms with Crippen LogP contribution in [0.4, 0.5) is 5.69 Å².